The van der Waals surface area contributed by atoms with E-state index in [0.29, 0.717) is 0 Å². The number of amides is 1. The number of hydrogen-bond acceptors (Lipinski definition) is 3. The molecule has 1 aliphatic heterocycles. The van der Waals surface area contributed by atoms with Gasteiger partial charge in [-0.2, -0.15) is 0 Å². The van der Waals surface area contributed by atoms with Gasteiger partial charge >= 0.3 is 0 Å². The highest BCUT2D eigenvalue weighted by Crippen LogP contribution is 2.41. The molecule has 1 aliphatic carbocycles. The summed E-state index contributed by atoms with van der Waals surface area (Å²) in [6, 6.07) is 4.47. The van der Waals surface area contributed by atoms with Crippen LogP contribution in [-0.2, 0) is 10.2 Å². The predicted octanol–water partition coefficient (Wildman–Crippen LogP) is 3.08. The quantitative estimate of drug-likeness (QED) is 0.649. The molecule has 2 fully saturated rings. The summed E-state index contributed by atoms with van der Waals surface area (Å²) in [5.74, 6) is 1.18. The van der Waals surface area contributed by atoms with Crippen molar-refractivity contribution in [2.24, 2.45) is 4.99 Å². The van der Waals surface area contributed by atoms with E-state index in [-0.39, 0.29) is 11.3 Å². The summed E-state index contributed by atoms with van der Waals surface area (Å²) >= 11 is 1.88. The number of carbonyl (C=O) groups is 1. The van der Waals surface area contributed by atoms with Crippen LogP contribution in [0.25, 0.3) is 0 Å². The van der Waals surface area contributed by atoms with Crippen LogP contribution in [0.1, 0.15) is 50.8 Å². The lowest BCUT2D eigenvalue weighted by molar-refractivity contribution is -0.130. The molecule has 6 heteroatoms. The van der Waals surface area contributed by atoms with Crippen molar-refractivity contribution in [3.05, 3.63) is 22.4 Å². The van der Waals surface area contributed by atoms with Crippen LogP contribution in [0.3, 0.4) is 0 Å². The molecule has 1 amide bonds. The van der Waals surface area contributed by atoms with Gasteiger partial charge in [-0.25, -0.2) is 0 Å². The molecule has 144 valence electrons. The second kappa shape index (κ2) is 8.89. The summed E-state index contributed by atoms with van der Waals surface area (Å²) in [4.78, 5) is 22.4. The lowest BCUT2D eigenvalue weighted by atomic mass is 9.73. The normalized spacial score (nSPS) is 20.9. The van der Waals surface area contributed by atoms with Crippen LogP contribution in [0.15, 0.2) is 22.5 Å². The minimum atomic E-state index is 0.172. The zero-order valence-corrected chi connectivity index (χ0v) is 17.0. The highest BCUT2D eigenvalue weighted by molar-refractivity contribution is 7.10. The maximum Gasteiger partial charge on any atom is 0.219 e. The van der Waals surface area contributed by atoms with E-state index in [1.54, 1.807) is 6.92 Å². The van der Waals surface area contributed by atoms with Crippen LogP contribution in [0.4, 0.5) is 0 Å². The molecule has 0 atom stereocenters. The van der Waals surface area contributed by atoms with Gasteiger partial charge in [0.1, 0.15) is 0 Å². The molecule has 1 N–H and O–H groups in total. The third-order valence-electron chi connectivity index (χ3n) is 5.75. The number of carbonyl (C=O) groups excluding carboxylic acids is 1. The van der Waals surface area contributed by atoms with Crippen molar-refractivity contribution in [3.8, 4) is 0 Å². The minimum absolute atomic E-state index is 0.172. The SMILES string of the molecule is CCNC(=NCC1(c2cccs2)CCCCC1)N1CCN(C(C)=O)CC1. The molecule has 2 aliphatic rings. The molecular weight excluding hydrogens is 344 g/mol. The zero-order valence-electron chi connectivity index (χ0n) is 16.2. The number of aliphatic imine (C=N–C) groups is 1. The van der Waals surface area contributed by atoms with Crippen LogP contribution in [0.5, 0.6) is 0 Å². The Hall–Kier alpha value is -1.56. The van der Waals surface area contributed by atoms with E-state index in [9.17, 15) is 4.79 Å². The number of guanidine groups is 1. The van der Waals surface area contributed by atoms with E-state index in [1.807, 2.05) is 16.2 Å². The standard InChI is InChI=1S/C20H32N4OS/c1-3-21-19(24-13-11-23(12-14-24)17(2)25)22-16-20(9-5-4-6-10-20)18-8-7-15-26-18/h7-8,15H,3-6,9-14,16H2,1-2H3,(H,21,22). The number of thiophene rings is 1. The predicted molar refractivity (Wildman–Crippen MR) is 109 cm³/mol. The zero-order chi connectivity index (χ0) is 18.4. The Labute approximate surface area is 161 Å². The van der Waals surface area contributed by atoms with Gasteiger partial charge in [0, 0.05) is 49.9 Å². The van der Waals surface area contributed by atoms with Crippen LogP contribution in [0, 0.1) is 0 Å². The molecule has 1 aromatic rings. The number of hydrogen-bond donors (Lipinski definition) is 1. The third-order valence-corrected chi connectivity index (χ3v) is 6.86. The molecule has 0 bridgehead atoms. The first-order valence-electron chi connectivity index (χ1n) is 9.97. The molecular formula is C20H32N4OS. The van der Waals surface area contributed by atoms with E-state index < -0.39 is 0 Å². The minimum Gasteiger partial charge on any atom is -0.357 e. The van der Waals surface area contributed by atoms with Crippen molar-refractivity contribution in [3.63, 3.8) is 0 Å². The molecule has 1 saturated heterocycles. The number of nitrogens with zero attached hydrogens (tertiary/aromatic N) is 3. The first kappa shape index (κ1) is 19.2. The van der Waals surface area contributed by atoms with Crippen molar-refractivity contribution in [2.75, 3.05) is 39.3 Å². The number of rotatable bonds is 4. The maximum atomic E-state index is 11.6. The van der Waals surface area contributed by atoms with Gasteiger partial charge in [0.05, 0.1) is 6.54 Å². The van der Waals surface area contributed by atoms with Gasteiger partial charge in [-0.15, -0.1) is 11.3 Å². The fourth-order valence-electron chi connectivity index (χ4n) is 4.18. The Morgan fingerprint density at radius 2 is 1.88 bits per heavy atom. The molecule has 1 saturated carbocycles. The first-order chi connectivity index (χ1) is 12.6. The highest BCUT2D eigenvalue weighted by Gasteiger charge is 2.35. The monoisotopic (exact) mass is 376 g/mol. The molecule has 3 rings (SSSR count). The average molecular weight is 377 g/mol. The fraction of sp³-hybridized carbons (Fsp3) is 0.700. The smallest absolute Gasteiger partial charge is 0.219 e. The van der Waals surface area contributed by atoms with E-state index in [0.717, 1.165) is 45.2 Å². The molecule has 0 unspecified atom stereocenters. The largest absolute Gasteiger partial charge is 0.357 e. The molecule has 5 nitrogen and oxygen atoms in total. The van der Waals surface area contributed by atoms with Crippen LogP contribution in [0.2, 0.25) is 0 Å². The molecule has 2 heterocycles. The van der Waals surface area contributed by atoms with Crippen LogP contribution >= 0.6 is 11.3 Å². The van der Waals surface area contributed by atoms with Gasteiger partial charge in [0.15, 0.2) is 5.96 Å². The summed E-state index contributed by atoms with van der Waals surface area (Å²) in [6.45, 7) is 8.81. The van der Waals surface area contributed by atoms with E-state index in [1.165, 1.54) is 37.0 Å². The van der Waals surface area contributed by atoms with Gasteiger partial charge in [-0.3, -0.25) is 9.79 Å². The Kier molecular flexibility index (Phi) is 6.57. The first-order valence-corrected chi connectivity index (χ1v) is 10.9. The van der Waals surface area contributed by atoms with E-state index in [2.05, 4.69) is 34.7 Å². The van der Waals surface area contributed by atoms with Crippen molar-refractivity contribution < 1.29 is 4.79 Å². The molecule has 26 heavy (non-hydrogen) atoms. The Morgan fingerprint density at radius 3 is 2.46 bits per heavy atom. The number of piperazine rings is 1. The topological polar surface area (TPSA) is 47.9 Å². The van der Waals surface area contributed by atoms with Gasteiger partial charge in [0.2, 0.25) is 5.91 Å². The molecule has 0 radical (unpaired) electrons. The Morgan fingerprint density at radius 1 is 1.19 bits per heavy atom. The van der Waals surface area contributed by atoms with Gasteiger partial charge in [-0.1, -0.05) is 25.3 Å². The molecule has 0 spiro atoms. The van der Waals surface area contributed by atoms with Crippen molar-refractivity contribution in [1.82, 2.24) is 15.1 Å². The fourth-order valence-corrected chi connectivity index (χ4v) is 5.16. The Bertz CT molecular complexity index is 599. The summed E-state index contributed by atoms with van der Waals surface area (Å²) in [6.07, 6.45) is 6.45. The summed E-state index contributed by atoms with van der Waals surface area (Å²) in [5.41, 5.74) is 0.217. The van der Waals surface area contributed by atoms with Crippen molar-refractivity contribution in [1.29, 1.82) is 0 Å². The van der Waals surface area contributed by atoms with Gasteiger partial charge < -0.3 is 15.1 Å². The van der Waals surface area contributed by atoms with E-state index in [4.69, 9.17) is 4.99 Å². The summed E-state index contributed by atoms with van der Waals surface area (Å²) in [7, 11) is 0. The van der Waals surface area contributed by atoms with Crippen molar-refractivity contribution in [2.45, 2.75) is 51.4 Å². The summed E-state index contributed by atoms with van der Waals surface area (Å²) in [5, 5.41) is 5.67. The second-order valence-corrected chi connectivity index (χ2v) is 8.43. The van der Waals surface area contributed by atoms with Gasteiger partial charge in [-0.05, 0) is 31.2 Å². The molecule has 1 aromatic heterocycles. The lowest BCUT2D eigenvalue weighted by Gasteiger charge is -2.38. The molecule has 0 aromatic carbocycles. The number of nitrogens with one attached hydrogen (secondary N) is 1. The van der Waals surface area contributed by atoms with Crippen LogP contribution < -0.4 is 5.32 Å². The highest BCUT2D eigenvalue weighted by atomic mass is 32.1. The van der Waals surface area contributed by atoms with Crippen molar-refractivity contribution >= 4 is 23.2 Å². The average Bonchev–Trinajstić information content (AvgIpc) is 3.21. The maximum absolute atomic E-state index is 11.6. The summed E-state index contributed by atoms with van der Waals surface area (Å²) < 4.78 is 0. The lowest BCUT2D eigenvalue weighted by Crippen LogP contribution is -2.53. The Balaban J connectivity index is 1.72. The van der Waals surface area contributed by atoms with Gasteiger partial charge in [0.25, 0.3) is 0 Å². The van der Waals surface area contributed by atoms with Crippen LogP contribution in [-0.4, -0.2) is 60.9 Å². The van der Waals surface area contributed by atoms with E-state index >= 15 is 0 Å². The third kappa shape index (κ3) is 4.40. The second-order valence-electron chi connectivity index (χ2n) is 7.48.